The van der Waals surface area contributed by atoms with Gasteiger partial charge in [0.15, 0.2) is 0 Å². The molecule has 0 aliphatic carbocycles. The molecule has 208 valence electrons. The molecule has 1 aromatic carbocycles. The van der Waals surface area contributed by atoms with Gasteiger partial charge in [0.2, 0.25) is 0 Å². The highest BCUT2D eigenvalue weighted by Gasteiger charge is 2.48. The molecule has 1 aromatic rings. The molecule has 1 fully saturated rings. The number of ether oxygens (including phenoxy) is 5. The number of hydrogen-bond acceptors (Lipinski definition) is 6. The Labute approximate surface area is 220 Å². The third-order valence-corrected chi connectivity index (χ3v) is 6.85. The van der Waals surface area contributed by atoms with Crippen molar-refractivity contribution in [1.29, 1.82) is 0 Å². The molecule has 1 aliphatic rings. The van der Waals surface area contributed by atoms with Crippen LogP contribution in [0.4, 0.5) is 0 Å². The fraction of sp³-hybridized carbons (Fsp3) is 0.800. The molecule has 0 radical (unpaired) electrons. The maximum absolute atomic E-state index is 9.92. The molecule has 6 nitrogen and oxygen atoms in total. The van der Waals surface area contributed by atoms with E-state index in [0.29, 0.717) is 33.0 Å². The van der Waals surface area contributed by atoms with E-state index < -0.39 is 0 Å². The van der Waals surface area contributed by atoms with Crippen molar-refractivity contribution in [2.24, 2.45) is 0 Å². The van der Waals surface area contributed by atoms with Gasteiger partial charge in [-0.05, 0) is 49.3 Å². The van der Waals surface area contributed by atoms with Crippen molar-refractivity contribution in [2.75, 3.05) is 33.0 Å². The molecule has 6 heteroatoms. The molecule has 1 saturated heterocycles. The van der Waals surface area contributed by atoms with E-state index in [1.807, 2.05) is 13.0 Å². The standard InChI is InChI=1S/C30H52O6/c1-6-10-16-32-22-26-28(33-17-11-7-2)30(35-19-13-9-4)29(34-18-12-8-3)27(36-26)24-15-14-23(5)25(20-24)21-31/h14-15,20,26-31H,6-13,16-19,21-22H2,1-5H3/t26-,27?,28-,29+,30+/m1/s1. The summed E-state index contributed by atoms with van der Waals surface area (Å²) in [5, 5.41) is 9.92. The first-order chi connectivity index (χ1) is 17.6. The fourth-order valence-corrected chi connectivity index (χ4v) is 4.47. The first kappa shape index (κ1) is 31.2. The first-order valence-corrected chi connectivity index (χ1v) is 14.4. The second kappa shape index (κ2) is 18.3. The molecule has 36 heavy (non-hydrogen) atoms. The molecule has 1 unspecified atom stereocenters. The number of aliphatic hydroxyl groups excluding tert-OH is 1. The highest BCUT2D eigenvalue weighted by Crippen LogP contribution is 2.38. The van der Waals surface area contributed by atoms with Crippen LogP contribution in [0.15, 0.2) is 18.2 Å². The lowest BCUT2D eigenvalue weighted by Gasteiger charge is -2.46. The van der Waals surface area contributed by atoms with Crippen molar-refractivity contribution in [3.05, 3.63) is 34.9 Å². The summed E-state index contributed by atoms with van der Waals surface area (Å²) in [6.45, 7) is 13.8. The van der Waals surface area contributed by atoms with Crippen molar-refractivity contribution < 1.29 is 28.8 Å². The average Bonchev–Trinajstić information content (AvgIpc) is 2.89. The number of benzene rings is 1. The van der Waals surface area contributed by atoms with Crippen LogP contribution in [0.5, 0.6) is 0 Å². The molecule has 1 heterocycles. The lowest BCUT2D eigenvalue weighted by atomic mass is 9.89. The highest BCUT2D eigenvalue weighted by atomic mass is 16.6. The molecule has 2 rings (SSSR count). The van der Waals surface area contributed by atoms with Gasteiger partial charge in [0, 0.05) is 26.4 Å². The minimum Gasteiger partial charge on any atom is -0.392 e. The summed E-state index contributed by atoms with van der Waals surface area (Å²) < 4.78 is 32.4. The third kappa shape index (κ3) is 9.70. The Hall–Kier alpha value is -1.02. The summed E-state index contributed by atoms with van der Waals surface area (Å²) in [4.78, 5) is 0. The van der Waals surface area contributed by atoms with Crippen LogP contribution in [0, 0.1) is 6.92 Å². The highest BCUT2D eigenvalue weighted by molar-refractivity contribution is 5.33. The summed E-state index contributed by atoms with van der Waals surface area (Å²) in [6.07, 6.45) is 6.84. The van der Waals surface area contributed by atoms with Crippen LogP contribution in [-0.2, 0) is 30.3 Å². The Morgan fingerprint density at radius 3 is 1.89 bits per heavy atom. The lowest BCUT2D eigenvalue weighted by molar-refractivity contribution is -0.268. The van der Waals surface area contributed by atoms with Gasteiger partial charge in [-0.15, -0.1) is 0 Å². The summed E-state index contributed by atoms with van der Waals surface area (Å²) in [6, 6.07) is 6.19. The van der Waals surface area contributed by atoms with Gasteiger partial charge in [-0.2, -0.15) is 0 Å². The average molecular weight is 509 g/mol. The van der Waals surface area contributed by atoms with E-state index in [-0.39, 0.29) is 37.1 Å². The Kier molecular flexibility index (Phi) is 15.8. The van der Waals surface area contributed by atoms with Crippen LogP contribution in [0.2, 0.25) is 0 Å². The molecule has 0 bridgehead atoms. The van der Waals surface area contributed by atoms with E-state index >= 15 is 0 Å². The second-order valence-corrected chi connectivity index (χ2v) is 9.93. The molecular formula is C30H52O6. The first-order valence-electron chi connectivity index (χ1n) is 14.4. The predicted octanol–water partition coefficient (Wildman–Crippen LogP) is 6.30. The molecule has 0 saturated carbocycles. The third-order valence-electron chi connectivity index (χ3n) is 6.85. The summed E-state index contributed by atoms with van der Waals surface area (Å²) in [5.74, 6) is 0. The van der Waals surface area contributed by atoms with Crippen LogP contribution in [0.3, 0.4) is 0 Å². The smallest absolute Gasteiger partial charge is 0.117 e. The zero-order valence-corrected chi connectivity index (χ0v) is 23.5. The van der Waals surface area contributed by atoms with Crippen molar-refractivity contribution in [3.8, 4) is 0 Å². The van der Waals surface area contributed by atoms with Crippen molar-refractivity contribution in [3.63, 3.8) is 0 Å². The maximum Gasteiger partial charge on any atom is 0.117 e. The van der Waals surface area contributed by atoms with Gasteiger partial charge in [0.1, 0.15) is 30.5 Å². The van der Waals surface area contributed by atoms with Crippen LogP contribution >= 0.6 is 0 Å². The maximum atomic E-state index is 9.92. The van der Waals surface area contributed by atoms with E-state index in [9.17, 15) is 5.11 Å². The van der Waals surface area contributed by atoms with Gasteiger partial charge in [-0.3, -0.25) is 0 Å². The quantitative estimate of drug-likeness (QED) is 0.221. The van der Waals surface area contributed by atoms with Crippen molar-refractivity contribution >= 4 is 0 Å². The van der Waals surface area contributed by atoms with E-state index in [0.717, 1.165) is 68.1 Å². The summed E-state index contributed by atoms with van der Waals surface area (Å²) in [5.41, 5.74) is 2.97. The van der Waals surface area contributed by atoms with E-state index in [1.54, 1.807) is 0 Å². The van der Waals surface area contributed by atoms with Gasteiger partial charge in [0.05, 0.1) is 13.2 Å². The molecular weight excluding hydrogens is 456 g/mol. The number of unbranched alkanes of at least 4 members (excludes halogenated alkanes) is 4. The largest absolute Gasteiger partial charge is 0.392 e. The minimum atomic E-state index is -0.329. The van der Waals surface area contributed by atoms with Crippen molar-refractivity contribution in [1.82, 2.24) is 0 Å². The van der Waals surface area contributed by atoms with Gasteiger partial charge in [-0.1, -0.05) is 71.6 Å². The summed E-state index contributed by atoms with van der Waals surface area (Å²) >= 11 is 0. The van der Waals surface area contributed by atoms with Crippen LogP contribution < -0.4 is 0 Å². The molecule has 0 amide bonds. The number of aryl methyl sites for hydroxylation is 1. The molecule has 0 aromatic heterocycles. The van der Waals surface area contributed by atoms with Gasteiger partial charge in [0.25, 0.3) is 0 Å². The summed E-state index contributed by atoms with van der Waals surface area (Å²) in [7, 11) is 0. The fourth-order valence-electron chi connectivity index (χ4n) is 4.47. The lowest BCUT2D eigenvalue weighted by Crippen LogP contribution is -2.58. The van der Waals surface area contributed by atoms with E-state index in [2.05, 4.69) is 39.8 Å². The van der Waals surface area contributed by atoms with E-state index in [1.165, 1.54) is 0 Å². The zero-order chi connectivity index (χ0) is 26.2. The Morgan fingerprint density at radius 1 is 0.750 bits per heavy atom. The normalized spacial score (nSPS) is 24.3. The predicted molar refractivity (Wildman–Crippen MR) is 144 cm³/mol. The van der Waals surface area contributed by atoms with Crippen molar-refractivity contribution in [2.45, 2.75) is 123 Å². The monoisotopic (exact) mass is 508 g/mol. The number of aliphatic hydroxyl groups is 1. The van der Waals surface area contributed by atoms with Crippen LogP contribution in [0.25, 0.3) is 0 Å². The van der Waals surface area contributed by atoms with Gasteiger partial charge in [-0.25, -0.2) is 0 Å². The molecule has 5 atom stereocenters. The topological polar surface area (TPSA) is 66.4 Å². The van der Waals surface area contributed by atoms with Gasteiger partial charge >= 0.3 is 0 Å². The zero-order valence-electron chi connectivity index (χ0n) is 23.5. The molecule has 1 N–H and O–H groups in total. The second-order valence-electron chi connectivity index (χ2n) is 9.93. The molecule has 1 aliphatic heterocycles. The number of rotatable bonds is 19. The minimum absolute atomic E-state index is 0.00348. The SMILES string of the molecule is CCCCOC[C@H]1OC(c2ccc(C)c(CO)c2)[C@H](OCCCC)[C@@H](OCCCC)[C@@H]1OCCCC. The van der Waals surface area contributed by atoms with Crippen LogP contribution in [0.1, 0.15) is 102 Å². The van der Waals surface area contributed by atoms with Crippen LogP contribution in [-0.4, -0.2) is 62.6 Å². The van der Waals surface area contributed by atoms with E-state index in [4.69, 9.17) is 23.7 Å². The van der Waals surface area contributed by atoms with Gasteiger partial charge < -0.3 is 28.8 Å². The Morgan fingerprint density at radius 2 is 1.31 bits per heavy atom. The Bertz CT molecular complexity index is 696. The molecule has 0 spiro atoms. The Balaban J connectivity index is 2.42. The number of hydrogen-bond donors (Lipinski definition) is 1.